The first-order chi connectivity index (χ1) is 8.72. The van der Waals surface area contributed by atoms with Crippen molar-refractivity contribution < 1.29 is 0 Å². The van der Waals surface area contributed by atoms with Gasteiger partial charge in [-0.05, 0) is 43.5 Å². The van der Waals surface area contributed by atoms with Gasteiger partial charge in [-0.15, -0.1) is 0 Å². The zero-order valence-electron chi connectivity index (χ0n) is 11.9. The summed E-state index contributed by atoms with van der Waals surface area (Å²) in [5.41, 5.74) is 2.83. The first-order valence-electron chi connectivity index (χ1n) is 7.21. The molecule has 2 atom stereocenters. The van der Waals surface area contributed by atoms with Gasteiger partial charge in [-0.1, -0.05) is 38.1 Å². The molecule has 0 aliphatic carbocycles. The lowest BCUT2D eigenvalue weighted by atomic mass is 10.0. The molecule has 2 nitrogen and oxygen atoms in total. The lowest BCUT2D eigenvalue weighted by molar-refractivity contribution is 0.291. The van der Waals surface area contributed by atoms with E-state index in [1.54, 1.807) is 0 Å². The van der Waals surface area contributed by atoms with E-state index in [9.17, 15) is 0 Å². The molecule has 0 bridgehead atoms. The van der Waals surface area contributed by atoms with E-state index in [0.29, 0.717) is 6.04 Å². The molecule has 1 saturated heterocycles. The van der Waals surface area contributed by atoms with Crippen LogP contribution in [0.1, 0.15) is 37.4 Å². The first-order valence-corrected chi connectivity index (χ1v) is 7.21. The number of nitrogens with one attached hydrogen (secondary N) is 1. The van der Waals surface area contributed by atoms with Crippen molar-refractivity contribution in [3.63, 3.8) is 0 Å². The number of aryl methyl sites for hydroxylation is 1. The molecule has 0 radical (unpaired) electrons. The molecule has 0 saturated carbocycles. The fourth-order valence-electron chi connectivity index (χ4n) is 2.80. The van der Waals surface area contributed by atoms with Gasteiger partial charge in [-0.2, -0.15) is 0 Å². The van der Waals surface area contributed by atoms with Crippen LogP contribution < -0.4 is 5.32 Å². The smallest absolute Gasteiger partial charge is 0.0446 e. The number of nitrogens with zero attached hydrogens (tertiary/aromatic N) is 1. The van der Waals surface area contributed by atoms with Crippen molar-refractivity contribution in [1.82, 2.24) is 10.2 Å². The summed E-state index contributed by atoms with van der Waals surface area (Å²) in [6, 6.07) is 9.53. The van der Waals surface area contributed by atoms with Crippen LogP contribution in [-0.4, -0.2) is 31.6 Å². The normalized spacial score (nSPS) is 22.3. The molecule has 1 fully saturated rings. The number of hydrogen-bond acceptors (Lipinski definition) is 2. The third-order valence-corrected chi connectivity index (χ3v) is 4.09. The Balaban J connectivity index is 1.98. The van der Waals surface area contributed by atoms with E-state index >= 15 is 0 Å². The summed E-state index contributed by atoms with van der Waals surface area (Å²) in [7, 11) is 2.07. The van der Waals surface area contributed by atoms with Crippen molar-refractivity contribution in [1.29, 1.82) is 0 Å². The summed E-state index contributed by atoms with van der Waals surface area (Å²) in [5, 5.41) is 3.46. The third kappa shape index (κ3) is 3.33. The van der Waals surface area contributed by atoms with Crippen molar-refractivity contribution >= 4 is 0 Å². The van der Waals surface area contributed by atoms with Gasteiger partial charge in [-0.25, -0.2) is 0 Å². The quantitative estimate of drug-likeness (QED) is 0.859. The summed E-state index contributed by atoms with van der Waals surface area (Å²) in [6.07, 6.45) is 2.47. The third-order valence-electron chi connectivity index (χ3n) is 4.09. The fraction of sp³-hybridized carbons (Fsp3) is 0.625. The van der Waals surface area contributed by atoms with Gasteiger partial charge in [0.15, 0.2) is 0 Å². The molecule has 2 heteroatoms. The summed E-state index contributed by atoms with van der Waals surface area (Å²) in [5.74, 6) is 0.866. The maximum Gasteiger partial charge on any atom is 0.0446 e. The molecule has 100 valence electrons. The van der Waals surface area contributed by atoms with Crippen LogP contribution in [0.2, 0.25) is 0 Å². The Hall–Kier alpha value is -0.860. The van der Waals surface area contributed by atoms with Crippen molar-refractivity contribution in [2.24, 2.45) is 5.92 Å². The number of hydrogen-bond donors (Lipinski definition) is 1. The molecule has 2 rings (SSSR count). The number of rotatable bonds is 5. The monoisotopic (exact) mass is 246 g/mol. The van der Waals surface area contributed by atoms with E-state index in [0.717, 1.165) is 18.9 Å². The lowest BCUT2D eigenvalue weighted by Gasteiger charge is -2.24. The lowest BCUT2D eigenvalue weighted by Crippen LogP contribution is -2.32. The van der Waals surface area contributed by atoms with Gasteiger partial charge in [-0.3, -0.25) is 0 Å². The van der Waals surface area contributed by atoms with Crippen LogP contribution in [-0.2, 0) is 6.42 Å². The van der Waals surface area contributed by atoms with Gasteiger partial charge in [0.25, 0.3) is 0 Å². The molecule has 1 aromatic rings. The van der Waals surface area contributed by atoms with Crippen molar-refractivity contribution in [2.45, 2.75) is 32.7 Å². The van der Waals surface area contributed by atoms with E-state index in [1.807, 2.05) is 0 Å². The maximum atomic E-state index is 3.46. The predicted octanol–water partition coefficient (Wildman–Crippen LogP) is 2.85. The summed E-state index contributed by atoms with van der Waals surface area (Å²) in [6.45, 7) is 8.20. The molecule has 0 spiro atoms. The van der Waals surface area contributed by atoms with E-state index < -0.39 is 0 Å². The van der Waals surface area contributed by atoms with Crippen molar-refractivity contribution in [3.05, 3.63) is 35.4 Å². The molecule has 1 aliphatic heterocycles. The molecule has 0 amide bonds. The fourth-order valence-corrected chi connectivity index (χ4v) is 2.80. The average molecular weight is 246 g/mol. The Kier molecular flexibility index (Phi) is 4.79. The summed E-state index contributed by atoms with van der Waals surface area (Å²) < 4.78 is 0. The minimum atomic E-state index is 0.459. The molecule has 0 aromatic heterocycles. The van der Waals surface area contributed by atoms with Crippen molar-refractivity contribution in [2.75, 3.05) is 26.7 Å². The minimum absolute atomic E-state index is 0.459. The van der Waals surface area contributed by atoms with Crippen molar-refractivity contribution in [3.8, 4) is 0 Å². The van der Waals surface area contributed by atoms with Gasteiger partial charge in [0.2, 0.25) is 0 Å². The Labute approximate surface area is 111 Å². The molecule has 1 N–H and O–H groups in total. The predicted molar refractivity (Wildman–Crippen MR) is 77.8 cm³/mol. The molecule has 1 heterocycles. The molecular weight excluding hydrogens is 220 g/mol. The zero-order chi connectivity index (χ0) is 13.0. The molecule has 2 unspecified atom stereocenters. The topological polar surface area (TPSA) is 15.3 Å². The van der Waals surface area contributed by atoms with Gasteiger partial charge in [0.1, 0.15) is 0 Å². The van der Waals surface area contributed by atoms with E-state index in [2.05, 4.69) is 55.4 Å². The second-order valence-corrected chi connectivity index (χ2v) is 5.59. The molecule has 1 aromatic carbocycles. The van der Waals surface area contributed by atoms with Crippen LogP contribution in [0.3, 0.4) is 0 Å². The Bertz CT molecular complexity index is 358. The van der Waals surface area contributed by atoms with Crippen LogP contribution in [0.15, 0.2) is 24.3 Å². The second kappa shape index (κ2) is 6.35. The summed E-state index contributed by atoms with van der Waals surface area (Å²) >= 11 is 0. The maximum absolute atomic E-state index is 3.46. The molecule has 1 aliphatic rings. The standard InChI is InChI=1S/C16H26N2/c1-4-14-5-7-15(8-6-14)16(17-3)12-18-10-9-13(2)11-18/h5-8,13,16-17H,4,9-12H2,1-3H3. The van der Waals surface area contributed by atoms with Crippen LogP contribution in [0.5, 0.6) is 0 Å². The molecular formula is C16H26N2. The van der Waals surface area contributed by atoms with Crippen LogP contribution in [0, 0.1) is 5.92 Å². The highest BCUT2D eigenvalue weighted by molar-refractivity contribution is 5.25. The highest BCUT2D eigenvalue weighted by Gasteiger charge is 2.21. The number of likely N-dealkylation sites (N-methyl/N-ethyl adjacent to an activating group) is 1. The molecule has 18 heavy (non-hydrogen) atoms. The zero-order valence-corrected chi connectivity index (χ0v) is 11.9. The van der Waals surface area contributed by atoms with Gasteiger partial charge in [0.05, 0.1) is 0 Å². The van der Waals surface area contributed by atoms with E-state index in [4.69, 9.17) is 0 Å². The summed E-state index contributed by atoms with van der Waals surface area (Å²) in [4.78, 5) is 2.58. The first kappa shape index (κ1) is 13.6. The average Bonchev–Trinajstić information content (AvgIpc) is 2.82. The Morgan fingerprint density at radius 3 is 2.56 bits per heavy atom. The van der Waals surface area contributed by atoms with Crippen LogP contribution in [0.4, 0.5) is 0 Å². The Morgan fingerprint density at radius 2 is 2.06 bits per heavy atom. The number of benzene rings is 1. The largest absolute Gasteiger partial charge is 0.312 e. The highest BCUT2D eigenvalue weighted by Crippen LogP contribution is 2.20. The minimum Gasteiger partial charge on any atom is -0.312 e. The number of likely N-dealkylation sites (tertiary alicyclic amines) is 1. The SMILES string of the molecule is CCc1ccc(C(CN2CCC(C)C2)NC)cc1. The second-order valence-electron chi connectivity index (χ2n) is 5.59. The van der Waals surface area contributed by atoms with Gasteiger partial charge >= 0.3 is 0 Å². The van der Waals surface area contributed by atoms with Gasteiger partial charge < -0.3 is 10.2 Å². The Morgan fingerprint density at radius 1 is 1.33 bits per heavy atom. The van der Waals surface area contributed by atoms with E-state index in [-0.39, 0.29) is 0 Å². The van der Waals surface area contributed by atoms with E-state index in [1.165, 1.54) is 30.6 Å². The van der Waals surface area contributed by atoms with Gasteiger partial charge in [0, 0.05) is 19.1 Å². The highest BCUT2D eigenvalue weighted by atomic mass is 15.2. The van der Waals surface area contributed by atoms with Crippen LogP contribution >= 0.6 is 0 Å². The van der Waals surface area contributed by atoms with Crippen LogP contribution in [0.25, 0.3) is 0 Å².